The van der Waals surface area contributed by atoms with E-state index in [1.54, 1.807) is 7.11 Å². The molecule has 2 rings (SSSR count). The quantitative estimate of drug-likeness (QED) is 0.863. The van der Waals surface area contributed by atoms with Gasteiger partial charge in [0.25, 0.3) is 0 Å². The molecule has 0 bridgehead atoms. The average molecular weight is 234 g/mol. The third kappa shape index (κ3) is 2.97. The number of rotatable bonds is 3. The number of amides is 1. The fourth-order valence-electron chi connectivity index (χ4n) is 2.09. The molecule has 17 heavy (non-hydrogen) atoms. The molecule has 1 fully saturated rings. The summed E-state index contributed by atoms with van der Waals surface area (Å²) in [6.07, 6.45) is 0.937. The molecule has 92 valence electrons. The molecule has 1 aromatic rings. The Bertz CT molecular complexity index is 406. The van der Waals surface area contributed by atoms with Crippen LogP contribution in [-0.2, 0) is 4.79 Å². The van der Waals surface area contributed by atoms with Gasteiger partial charge in [-0.3, -0.25) is 4.79 Å². The maximum absolute atomic E-state index is 12.0. The van der Waals surface area contributed by atoms with Crippen LogP contribution in [-0.4, -0.2) is 38.1 Å². The minimum Gasteiger partial charge on any atom is -0.497 e. The number of likely N-dealkylation sites (tertiary alicyclic amines) is 1. The number of hydrogen-bond donors (Lipinski definition) is 1. The van der Waals surface area contributed by atoms with Crippen LogP contribution in [0, 0.1) is 5.92 Å². The van der Waals surface area contributed by atoms with Crippen LogP contribution in [0.2, 0.25) is 0 Å². The highest BCUT2D eigenvalue weighted by Gasteiger charge is 2.25. The summed E-state index contributed by atoms with van der Waals surface area (Å²) in [4.78, 5) is 14.2. The molecule has 1 aliphatic heterocycles. The van der Waals surface area contributed by atoms with Crippen molar-refractivity contribution in [2.24, 2.45) is 5.92 Å². The lowest BCUT2D eigenvalue weighted by Gasteiger charge is -2.11. The summed E-state index contributed by atoms with van der Waals surface area (Å²) in [6, 6.07) is 7.43. The first-order valence-electron chi connectivity index (χ1n) is 5.82. The van der Waals surface area contributed by atoms with Gasteiger partial charge in [-0.05, 0) is 32.1 Å². The number of nitrogens with one attached hydrogen (secondary N) is 1. The summed E-state index contributed by atoms with van der Waals surface area (Å²) in [5, 5.41) is 2.93. The molecule has 4 heteroatoms. The summed E-state index contributed by atoms with van der Waals surface area (Å²) in [6.45, 7) is 1.84. The molecule has 0 radical (unpaired) electrons. The highest BCUT2D eigenvalue weighted by molar-refractivity contribution is 5.93. The second-order valence-electron chi connectivity index (χ2n) is 4.47. The molecule has 1 aliphatic rings. The summed E-state index contributed by atoms with van der Waals surface area (Å²) in [5.74, 6) is 0.958. The second-order valence-corrected chi connectivity index (χ2v) is 4.47. The van der Waals surface area contributed by atoms with Crippen LogP contribution in [0.25, 0.3) is 0 Å². The van der Waals surface area contributed by atoms with E-state index in [0.717, 1.165) is 30.9 Å². The van der Waals surface area contributed by atoms with E-state index in [9.17, 15) is 4.79 Å². The maximum Gasteiger partial charge on any atom is 0.228 e. The summed E-state index contributed by atoms with van der Waals surface area (Å²) in [5.41, 5.74) is 0.795. The van der Waals surface area contributed by atoms with Crippen LogP contribution in [0.1, 0.15) is 6.42 Å². The predicted octanol–water partition coefficient (Wildman–Crippen LogP) is 1.59. The third-order valence-electron chi connectivity index (χ3n) is 3.10. The molecule has 1 amide bonds. The lowest BCUT2D eigenvalue weighted by molar-refractivity contribution is -0.119. The predicted molar refractivity (Wildman–Crippen MR) is 67.2 cm³/mol. The minimum atomic E-state index is 0.0996. The normalized spacial score (nSPS) is 20.2. The van der Waals surface area contributed by atoms with Gasteiger partial charge in [-0.15, -0.1) is 0 Å². The van der Waals surface area contributed by atoms with Crippen LogP contribution in [0.4, 0.5) is 5.69 Å². The van der Waals surface area contributed by atoms with Crippen molar-refractivity contribution in [3.05, 3.63) is 24.3 Å². The molecule has 1 atom stereocenters. The Morgan fingerprint density at radius 1 is 1.53 bits per heavy atom. The number of carbonyl (C=O) groups excluding carboxylic acids is 1. The first-order valence-corrected chi connectivity index (χ1v) is 5.82. The number of ether oxygens (including phenoxy) is 1. The summed E-state index contributed by atoms with van der Waals surface area (Å²) in [7, 11) is 3.66. The van der Waals surface area contributed by atoms with Crippen LogP contribution < -0.4 is 10.1 Å². The van der Waals surface area contributed by atoms with E-state index in [-0.39, 0.29) is 11.8 Å². The summed E-state index contributed by atoms with van der Waals surface area (Å²) < 4.78 is 5.12. The Hall–Kier alpha value is -1.55. The standard InChI is InChI=1S/C13H18N2O2/c1-15-7-6-10(9-15)13(16)14-11-4-3-5-12(8-11)17-2/h3-5,8,10H,6-7,9H2,1-2H3,(H,14,16). The van der Waals surface area contributed by atoms with Gasteiger partial charge in [0, 0.05) is 18.3 Å². The molecule has 0 aromatic heterocycles. The van der Waals surface area contributed by atoms with Gasteiger partial charge < -0.3 is 15.0 Å². The number of anilines is 1. The van der Waals surface area contributed by atoms with E-state index in [1.807, 2.05) is 31.3 Å². The molecule has 1 aromatic carbocycles. The highest BCUT2D eigenvalue weighted by atomic mass is 16.5. The van der Waals surface area contributed by atoms with Crippen molar-refractivity contribution in [1.29, 1.82) is 0 Å². The second kappa shape index (κ2) is 5.19. The Labute approximate surface area is 102 Å². The van der Waals surface area contributed by atoms with Crippen LogP contribution in [0.3, 0.4) is 0 Å². The van der Waals surface area contributed by atoms with E-state index in [2.05, 4.69) is 10.2 Å². The van der Waals surface area contributed by atoms with Gasteiger partial charge in [0.15, 0.2) is 0 Å². The zero-order valence-electron chi connectivity index (χ0n) is 10.3. The van der Waals surface area contributed by atoms with E-state index in [1.165, 1.54) is 0 Å². The Morgan fingerprint density at radius 2 is 2.35 bits per heavy atom. The Kier molecular flexibility index (Phi) is 3.64. The molecule has 1 unspecified atom stereocenters. The molecular weight excluding hydrogens is 216 g/mol. The maximum atomic E-state index is 12.0. The van der Waals surface area contributed by atoms with Gasteiger partial charge in [-0.25, -0.2) is 0 Å². The number of carbonyl (C=O) groups is 1. The Balaban J connectivity index is 1.98. The van der Waals surface area contributed by atoms with Crippen molar-refractivity contribution < 1.29 is 9.53 Å². The van der Waals surface area contributed by atoms with Gasteiger partial charge >= 0.3 is 0 Å². The Morgan fingerprint density at radius 3 is 3.00 bits per heavy atom. The van der Waals surface area contributed by atoms with Crippen molar-refractivity contribution in [1.82, 2.24) is 4.90 Å². The number of methoxy groups -OCH3 is 1. The van der Waals surface area contributed by atoms with Crippen LogP contribution in [0.5, 0.6) is 5.75 Å². The van der Waals surface area contributed by atoms with E-state index < -0.39 is 0 Å². The molecular formula is C13H18N2O2. The number of nitrogens with zero attached hydrogens (tertiary/aromatic N) is 1. The van der Waals surface area contributed by atoms with Crippen molar-refractivity contribution in [2.45, 2.75) is 6.42 Å². The first-order chi connectivity index (χ1) is 8.19. The number of benzene rings is 1. The molecule has 0 aliphatic carbocycles. The molecule has 4 nitrogen and oxygen atoms in total. The zero-order valence-corrected chi connectivity index (χ0v) is 10.3. The topological polar surface area (TPSA) is 41.6 Å². The van der Waals surface area contributed by atoms with Gasteiger partial charge in [-0.1, -0.05) is 6.07 Å². The molecule has 1 N–H and O–H groups in total. The lowest BCUT2D eigenvalue weighted by Crippen LogP contribution is -2.25. The van der Waals surface area contributed by atoms with Gasteiger partial charge in [0.05, 0.1) is 13.0 Å². The third-order valence-corrected chi connectivity index (χ3v) is 3.10. The van der Waals surface area contributed by atoms with Crippen LogP contribution >= 0.6 is 0 Å². The monoisotopic (exact) mass is 234 g/mol. The largest absolute Gasteiger partial charge is 0.497 e. The van der Waals surface area contributed by atoms with E-state index in [4.69, 9.17) is 4.74 Å². The first kappa shape index (κ1) is 11.9. The molecule has 0 saturated carbocycles. The van der Waals surface area contributed by atoms with Gasteiger partial charge in [0.2, 0.25) is 5.91 Å². The number of hydrogen-bond acceptors (Lipinski definition) is 3. The van der Waals surface area contributed by atoms with Crippen molar-refractivity contribution in [2.75, 3.05) is 32.6 Å². The fourth-order valence-corrected chi connectivity index (χ4v) is 2.09. The van der Waals surface area contributed by atoms with Gasteiger partial charge in [0.1, 0.15) is 5.75 Å². The molecule has 0 spiro atoms. The van der Waals surface area contributed by atoms with Crippen molar-refractivity contribution >= 4 is 11.6 Å². The smallest absolute Gasteiger partial charge is 0.228 e. The summed E-state index contributed by atoms with van der Waals surface area (Å²) >= 11 is 0. The highest BCUT2D eigenvalue weighted by Crippen LogP contribution is 2.20. The van der Waals surface area contributed by atoms with Crippen molar-refractivity contribution in [3.8, 4) is 5.75 Å². The van der Waals surface area contributed by atoms with Gasteiger partial charge in [-0.2, -0.15) is 0 Å². The average Bonchev–Trinajstić information content (AvgIpc) is 2.76. The minimum absolute atomic E-state index is 0.0996. The van der Waals surface area contributed by atoms with E-state index >= 15 is 0 Å². The van der Waals surface area contributed by atoms with Crippen molar-refractivity contribution in [3.63, 3.8) is 0 Å². The van der Waals surface area contributed by atoms with E-state index in [0.29, 0.717) is 0 Å². The van der Waals surface area contributed by atoms with Crippen LogP contribution in [0.15, 0.2) is 24.3 Å². The molecule has 1 heterocycles. The SMILES string of the molecule is COc1cccc(NC(=O)C2CCN(C)C2)c1. The fraction of sp³-hybridized carbons (Fsp3) is 0.462. The zero-order chi connectivity index (χ0) is 12.3. The molecule has 1 saturated heterocycles. The lowest BCUT2D eigenvalue weighted by atomic mass is 10.1.